The number of nitrogens with one attached hydrogen (secondary N) is 1. The first kappa shape index (κ1) is 12.9. The summed E-state index contributed by atoms with van der Waals surface area (Å²) in [5, 5.41) is 3.42. The Bertz CT molecular complexity index is 460. The van der Waals surface area contributed by atoms with Crippen molar-refractivity contribution in [2.45, 2.75) is 38.8 Å². The van der Waals surface area contributed by atoms with Crippen molar-refractivity contribution < 1.29 is 4.74 Å². The van der Waals surface area contributed by atoms with Gasteiger partial charge in [-0.15, -0.1) is 0 Å². The molecule has 0 spiro atoms. The molecule has 3 nitrogen and oxygen atoms in total. The normalized spacial score (nSPS) is 27.3. The van der Waals surface area contributed by atoms with E-state index in [4.69, 9.17) is 4.74 Å². The Morgan fingerprint density at radius 2 is 2.26 bits per heavy atom. The summed E-state index contributed by atoms with van der Waals surface area (Å²) >= 11 is 0. The largest absolute Gasteiger partial charge is 0.486 e. The lowest BCUT2D eigenvalue weighted by atomic mass is 10.0. The number of rotatable bonds is 3. The maximum absolute atomic E-state index is 6.29. The number of nitrogens with zero attached hydrogens (tertiary/aromatic N) is 1. The summed E-state index contributed by atoms with van der Waals surface area (Å²) in [6, 6.07) is 6.60. The van der Waals surface area contributed by atoms with Gasteiger partial charge in [0.25, 0.3) is 0 Å². The van der Waals surface area contributed by atoms with E-state index in [-0.39, 0.29) is 5.60 Å². The molecule has 1 aromatic carbocycles. The predicted octanol–water partition coefficient (Wildman–Crippen LogP) is 2.20. The highest BCUT2D eigenvalue weighted by Gasteiger charge is 2.35. The van der Waals surface area contributed by atoms with Crippen molar-refractivity contribution in [1.29, 1.82) is 0 Å². The summed E-state index contributed by atoms with van der Waals surface area (Å²) in [4.78, 5) is 2.46. The molecule has 19 heavy (non-hydrogen) atoms. The monoisotopic (exact) mass is 260 g/mol. The van der Waals surface area contributed by atoms with Gasteiger partial charge in [-0.2, -0.15) is 0 Å². The molecule has 1 saturated heterocycles. The summed E-state index contributed by atoms with van der Waals surface area (Å²) in [6.07, 6.45) is 2.26. The van der Waals surface area contributed by atoms with Gasteiger partial charge in [0, 0.05) is 26.1 Å². The molecule has 1 aromatic rings. The molecule has 0 aliphatic carbocycles. The van der Waals surface area contributed by atoms with Gasteiger partial charge in [0.15, 0.2) is 0 Å². The predicted molar refractivity (Wildman–Crippen MR) is 77.6 cm³/mol. The smallest absolute Gasteiger partial charge is 0.120 e. The number of likely N-dealkylation sites (tertiary alicyclic amines) is 1. The Kier molecular flexibility index (Phi) is 3.50. The topological polar surface area (TPSA) is 24.5 Å². The first-order valence-electron chi connectivity index (χ1n) is 7.42. The Balaban J connectivity index is 1.73. The van der Waals surface area contributed by atoms with E-state index in [1.165, 1.54) is 11.1 Å². The highest BCUT2D eigenvalue weighted by Crippen LogP contribution is 2.29. The second-order valence-electron chi connectivity index (χ2n) is 6.03. The maximum atomic E-state index is 6.29. The first-order chi connectivity index (χ1) is 9.18. The Morgan fingerprint density at radius 3 is 3.05 bits per heavy atom. The van der Waals surface area contributed by atoms with Crippen LogP contribution in [0.1, 0.15) is 31.4 Å². The molecule has 1 N–H and O–H groups in total. The minimum atomic E-state index is -0.0215. The minimum absolute atomic E-state index is 0.0215. The van der Waals surface area contributed by atoms with Crippen LogP contribution >= 0.6 is 0 Å². The Morgan fingerprint density at radius 1 is 1.37 bits per heavy atom. The highest BCUT2D eigenvalue weighted by atomic mass is 16.5. The molecule has 2 aliphatic heterocycles. The molecule has 1 atom stereocenters. The number of ether oxygens (including phenoxy) is 1. The molecule has 0 aromatic heterocycles. The fraction of sp³-hybridized carbons (Fsp3) is 0.625. The van der Waals surface area contributed by atoms with E-state index < -0.39 is 0 Å². The van der Waals surface area contributed by atoms with Crippen molar-refractivity contribution in [2.75, 3.05) is 26.2 Å². The number of fused-ring (bicyclic) bond motifs is 1. The van der Waals surface area contributed by atoms with E-state index in [2.05, 4.69) is 42.3 Å². The van der Waals surface area contributed by atoms with E-state index in [0.717, 1.165) is 51.3 Å². The highest BCUT2D eigenvalue weighted by molar-refractivity contribution is 5.37. The first-order valence-corrected chi connectivity index (χ1v) is 7.42. The lowest BCUT2D eigenvalue weighted by molar-refractivity contribution is 0.0968. The van der Waals surface area contributed by atoms with Gasteiger partial charge in [-0.1, -0.05) is 13.0 Å². The Labute approximate surface area is 115 Å². The van der Waals surface area contributed by atoms with Crippen LogP contribution in [-0.4, -0.2) is 36.7 Å². The second-order valence-corrected chi connectivity index (χ2v) is 6.03. The summed E-state index contributed by atoms with van der Waals surface area (Å²) in [5.41, 5.74) is 2.85. The molecular weight excluding hydrogens is 236 g/mol. The van der Waals surface area contributed by atoms with Crippen LogP contribution in [0.2, 0.25) is 0 Å². The van der Waals surface area contributed by atoms with Crippen LogP contribution in [0.25, 0.3) is 0 Å². The van der Waals surface area contributed by atoms with Gasteiger partial charge in [-0.3, -0.25) is 4.90 Å². The number of hydrogen-bond donors (Lipinski definition) is 1. The molecule has 0 bridgehead atoms. The maximum Gasteiger partial charge on any atom is 0.120 e. The molecule has 0 amide bonds. The van der Waals surface area contributed by atoms with Gasteiger partial charge < -0.3 is 10.1 Å². The molecule has 3 rings (SSSR count). The van der Waals surface area contributed by atoms with Gasteiger partial charge >= 0.3 is 0 Å². The third-order valence-corrected chi connectivity index (χ3v) is 4.39. The second kappa shape index (κ2) is 5.14. The fourth-order valence-electron chi connectivity index (χ4n) is 3.18. The van der Waals surface area contributed by atoms with E-state index in [0.29, 0.717) is 0 Å². The van der Waals surface area contributed by atoms with E-state index in [9.17, 15) is 0 Å². The molecule has 0 saturated carbocycles. The van der Waals surface area contributed by atoms with Crippen molar-refractivity contribution in [1.82, 2.24) is 10.2 Å². The van der Waals surface area contributed by atoms with Crippen molar-refractivity contribution >= 4 is 0 Å². The lowest BCUT2D eigenvalue weighted by Crippen LogP contribution is -2.36. The SMILES string of the molecule is CCN1CCC(C)(Oc2ccc3c(c2)CNCC3)C1. The van der Waals surface area contributed by atoms with Crippen LogP contribution in [-0.2, 0) is 13.0 Å². The zero-order valence-electron chi connectivity index (χ0n) is 12.0. The third kappa shape index (κ3) is 2.77. The molecule has 2 heterocycles. The average Bonchev–Trinajstić information content (AvgIpc) is 2.80. The van der Waals surface area contributed by atoms with Gasteiger partial charge in [-0.05, 0) is 49.7 Å². The van der Waals surface area contributed by atoms with E-state index in [1.807, 2.05) is 0 Å². The summed E-state index contributed by atoms with van der Waals surface area (Å²) in [6.45, 7) is 9.84. The zero-order chi connectivity index (χ0) is 13.3. The van der Waals surface area contributed by atoms with Gasteiger partial charge in [-0.25, -0.2) is 0 Å². The average molecular weight is 260 g/mol. The van der Waals surface area contributed by atoms with E-state index in [1.54, 1.807) is 0 Å². The van der Waals surface area contributed by atoms with Gasteiger partial charge in [0.1, 0.15) is 11.4 Å². The van der Waals surface area contributed by atoms with Crippen molar-refractivity contribution in [2.24, 2.45) is 0 Å². The molecular formula is C16H24N2O. The Hall–Kier alpha value is -1.06. The third-order valence-electron chi connectivity index (χ3n) is 4.39. The molecule has 2 aliphatic rings. The van der Waals surface area contributed by atoms with Crippen LogP contribution in [0.4, 0.5) is 0 Å². The minimum Gasteiger partial charge on any atom is -0.486 e. The summed E-state index contributed by atoms with van der Waals surface area (Å²) in [7, 11) is 0. The van der Waals surface area contributed by atoms with Crippen LogP contribution < -0.4 is 10.1 Å². The molecule has 1 unspecified atom stereocenters. The van der Waals surface area contributed by atoms with Crippen LogP contribution in [0.3, 0.4) is 0 Å². The zero-order valence-corrected chi connectivity index (χ0v) is 12.0. The number of likely N-dealkylation sites (N-methyl/N-ethyl adjacent to an activating group) is 1. The van der Waals surface area contributed by atoms with Crippen molar-refractivity contribution in [3.05, 3.63) is 29.3 Å². The van der Waals surface area contributed by atoms with Gasteiger partial charge in [0.2, 0.25) is 0 Å². The molecule has 1 fully saturated rings. The lowest BCUT2D eigenvalue weighted by Gasteiger charge is -2.27. The van der Waals surface area contributed by atoms with E-state index >= 15 is 0 Å². The van der Waals surface area contributed by atoms with Crippen LogP contribution in [0.5, 0.6) is 5.75 Å². The number of hydrogen-bond acceptors (Lipinski definition) is 3. The van der Waals surface area contributed by atoms with Crippen molar-refractivity contribution in [3.63, 3.8) is 0 Å². The fourth-order valence-corrected chi connectivity index (χ4v) is 3.18. The summed E-state index contributed by atoms with van der Waals surface area (Å²) < 4.78 is 6.29. The van der Waals surface area contributed by atoms with Gasteiger partial charge in [0.05, 0.1) is 0 Å². The molecule has 0 radical (unpaired) electrons. The van der Waals surface area contributed by atoms with Crippen molar-refractivity contribution in [3.8, 4) is 5.75 Å². The standard InChI is InChI=1S/C16H24N2O/c1-3-18-9-7-16(2,12-18)19-15-5-4-13-6-8-17-11-14(13)10-15/h4-5,10,17H,3,6-9,11-12H2,1-2H3. The quantitative estimate of drug-likeness (QED) is 0.901. The van der Waals surface area contributed by atoms with Crippen LogP contribution in [0.15, 0.2) is 18.2 Å². The number of benzene rings is 1. The molecule has 104 valence electrons. The summed E-state index contributed by atoms with van der Waals surface area (Å²) in [5.74, 6) is 1.03. The molecule has 3 heteroatoms. The van der Waals surface area contributed by atoms with Crippen LogP contribution in [0, 0.1) is 0 Å².